The quantitative estimate of drug-likeness (QED) is 0.892. The van der Waals surface area contributed by atoms with Crippen molar-refractivity contribution in [3.05, 3.63) is 59.2 Å². The zero-order valence-corrected chi connectivity index (χ0v) is 14.8. The number of carboxylic acids is 1. The molecule has 2 aromatic carbocycles. The fraction of sp³-hybridized carbons (Fsp3) is 0.300. The van der Waals surface area contributed by atoms with Crippen LogP contribution in [0.25, 0.3) is 0 Å². The molecular weight excluding hydrogens is 334 g/mol. The van der Waals surface area contributed by atoms with Gasteiger partial charge in [-0.15, -0.1) is 0 Å². The number of rotatable bonds is 5. The average Bonchev–Trinajstić information content (AvgIpc) is 2.66. The highest BCUT2D eigenvalue weighted by atomic mass is 16.5. The van der Waals surface area contributed by atoms with Crippen LogP contribution in [0.3, 0.4) is 0 Å². The molecule has 0 bridgehead atoms. The van der Waals surface area contributed by atoms with Gasteiger partial charge in [0, 0.05) is 18.7 Å². The van der Waals surface area contributed by atoms with E-state index in [1.165, 1.54) is 0 Å². The number of fused-ring (bicyclic) bond motifs is 1. The summed E-state index contributed by atoms with van der Waals surface area (Å²) in [6, 6.07) is 12.7. The predicted molar refractivity (Wildman–Crippen MR) is 95.5 cm³/mol. The van der Waals surface area contributed by atoms with Crippen molar-refractivity contribution in [1.82, 2.24) is 4.90 Å². The van der Waals surface area contributed by atoms with Crippen LogP contribution in [-0.2, 0) is 22.6 Å². The van der Waals surface area contributed by atoms with E-state index in [4.69, 9.17) is 9.47 Å². The van der Waals surface area contributed by atoms with Crippen molar-refractivity contribution in [3.63, 3.8) is 0 Å². The van der Waals surface area contributed by atoms with E-state index in [1.807, 2.05) is 24.3 Å². The number of ether oxygens (including phenoxy) is 2. The Bertz CT molecular complexity index is 833. The molecule has 1 N–H and O–H groups in total. The summed E-state index contributed by atoms with van der Waals surface area (Å²) in [5.41, 5.74) is 2.36. The molecule has 6 heteroatoms. The summed E-state index contributed by atoms with van der Waals surface area (Å²) < 4.78 is 10.5. The summed E-state index contributed by atoms with van der Waals surface area (Å²) in [6.45, 7) is 0.572. The first kappa shape index (κ1) is 17.8. The molecule has 2 aromatic rings. The molecule has 0 radical (unpaired) electrons. The van der Waals surface area contributed by atoms with Gasteiger partial charge in [0.2, 0.25) is 5.91 Å². The molecule has 0 aromatic heterocycles. The van der Waals surface area contributed by atoms with Crippen molar-refractivity contribution in [2.45, 2.75) is 18.9 Å². The maximum atomic E-state index is 12.8. The van der Waals surface area contributed by atoms with Gasteiger partial charge in [0.05, 0.1) is 26.6 Å². The molecule has 0 spiro atoms. The van der Waals surface area contributed by atoms with Crippen LogP contribution in [0, 0.1) is 0 Å². The minimum absolute atomic E-state index is 0.120. The highest BCUT2D eigenvalue weighted by Gasteiger charge is 2.32. The maximum absolute atomic E-state index is 12.8. The molecule has 0 aliphatic carbocycles. The van der Waals surface area contributed by atoms with Crippen LogP contribution < -0.4 is 9.47 Å². The normalized spacial score (nSPS) is 15.9. The van der Waals surface area contributed by atoms with Crippen LogP contribution in [0.4, 0.5) is 0 Å². The van der Waals surface area contributed by atoms with Crippen LogP contribution in [0.5, 0.6) is 11.5 Å². The minimum Gasteiger partial charge on any atom is -0.497 e. The molecule has 0 saturated carbocycles. The molecule has 1 unspecified atom stereocenters. The number of hydrogen-bond acceptors (Lipinski definition) is 4. The molecule has 6 nitrogen and oxygen atoms in total. The number of benzene rings is 2. The van der Waals surface area contributed by atoms with Gasteiger partial charge in [0.25, 0.3) is 0 Å². The molecule has 26 heavy (non-hydrogen) atoms. The van der Waals surface area contributed by atoms with Gasteiger partial charge >= 0.3 is 5.97 Å². The molecule has 1 amide bonds. The van der Waals surface area contributed by atoms with Crippen LogP contribution in [0.2, 0.25) is 0 Å². The summed E-state index contributed by atoms with van der Waals surface area (Å²) in [6.07, 6.45) is 0.120. The fourth-order valence-corrected chi connectivity index (χ4v) is 3.30. The van der Waals surface area contributed by atoms with Gasteiger partial charge in [0.15, 0.2) is 0 Å². The molecule has 1 atom stereocenters. The number of carbonyl (C=O) groups excluding carboxylic acids is 1. The van der Waals surface area contributed by atoms with E-state index in [1.54, 1.807) is 37.3 Å². The molecule has 0 fully saturated rings. The number of aliphatic carboxylic acids is 1. The first-order chi connectivity index (χ1) is 12.5. The summed E-state index contributed by atoms with van der Waals surface area (Å²) in [5.74, 6) is -0.533. The predicted octanol–water partition coefficient (Wildman–Crippen LogP) is 2.46. The Balaban J connectivity index is 1.84. The number of carboxylic acid groups (broad SMARTS) is 1. The van der Waals surface area contributed by atoms with E-state index in [2.05, 4.69) is 0 Å². The van der Waals surface area contributed by atoms with Gasteiger partial charge in [-0.1, -0.05) is 24.3 Å². The van der Waals surface area contributed by atoms with E-state index >= 15 is 0 Å². The number of nitrogens with zero attached hydrogens (tertiary/aromatic N) is 1. The third-order valence-electron chi connectivity index (χ3n) is 4.67. The zero-order chi connectivity index (χ0) is 18.7. The van der Waals surface area contributed by atoms with E-state index in [-0.39, 0.29) is 18.9 Å². The molecule has 3 rings (SSSR count). The summed E-state index contributed by atoms with van der Waals surface area (Å²) in [5, 5.41) is 9.55. The van der Waals surface area contributed by atoms with E-state index in [0.29, 0.717) is 23.6 Å². The smallest absolute Gasteiger partial charge is 0.312 e. The van der Waals surface area contributed by atoms with E-state index in [9.17, 15) is 14.7 Å². The van der Waals surface area contributed by atoms with Crippen molar-refractivity contribution < 1.29 is 24.2 Å². The molecule has 136 valence electrons. The Kier molecular flexibility index (Phi) is 5.11. The fourth-order valence-electron chi connectivity index (χ4n) is 3.30. The first-order valence-corrected chi connectivity index (χ1v) is 8.32. The Hall–Kier alpha value is -3.02. The Morgan fingerprint density at radius 1 is 1.15 bits per heavy atom. The van der Waals surface area contributed by atoms with Crippen LogP contribution in [-0.4, -0.2) is 42.6 Å². The van der Waals surface area contributed by atoms with Gasteiger partial charge in [-0.3, -0.25) is 9.59 Å². The lowest BCUT2D eigenvalue weighted by atomic mass is 9.89. The largest absolute Gasteiger partial charge is 0.497 e. The van der Waals surface area contributed by atoms with Gasteiger partial charge < -0.3 is 19.5 Å². The second-order valence-electron chi connectivity index (χ2n) is 6.22. The van der Waals surface area contributed by atoms with Crippen LogP contribution >= 0.6 is 0 Å². The standard InChI is InChI=1S/C20H21NO5/c1-25-15-7-8-18(26-2)14(9-15)10-19(22)21-11-13-5-3-4-6-16(13)17(12-21)20(23)24/h3-9,17H,10-12H2,1-2H3,(H,23,24). The highest BCUT2D eigenvalue weighted by Crippen LogP contribution is 2.30. The second-order valence-corrected chi connectivity index (χ2v) is 6.22. The Morgan fingerprint density at radius 2 is 1.92 bits per heavy atom. The Morgan fingerprint density at radius 3 is 2.62 bits per heavy atom. The molecule has 1 aliphatic rings. The number of amides is 1. The second kappa shape index (κ2) is 7.47. The van der Waals surface area contributed by atoms with Crippen molar-refractivity contribution in [2.75, 3.05) is 20.8 Å². The van der Waals surface area contributed by atoms with Gasteiger partial charge in [-0.25, -0.2) is 0 Å². The van der Waals surface area contributed by atoms with Crippen LogP contribution in [0.1, 0.15) is 22.6 Å². The number of methoxy groups -OCH3 is 2. The SMILES string of the molecule is COc1ccc(OC)c(CC(=O)N2Cc3ccccc3C(C(=O)O)C2)c1. The van der Waals surface area contributed by atoms with Gasteiger partial charge in [0.1, 0.15) is 11.5 Å². The Labute approximate surface area is 152 Å². The molecular formula is C20H21NO5. The van der Waals surface area contributed by atoms with Crippen LogP contribution in [0.15, 0.2) is 42.5 Å². The highest BCUT2D eigenvalue weighted by molar-refractivity contribution is 5.83. The third kappa shape index (κ3) is 3.49. The number of hydrogen-bond donors (Lipinski definition) is 1. The lowest BCUT2D eigenvalue weighted by Crippen LogP contribution is -2.41. The lowest BCUT2D eigenvalue weighted by Gasteiger charge is -2.33. The lowest BCUT2D eigenvalue weighted by molar-refractivity contribution is -0.141. The summed E-state index contributed by atoms with van der Waals surface area (Å²) >= 11 is 0. The van der Waals surface area contributed by atoms with Gasteiger partial charge in [-0.05, 0) is 29.3 Å². The number of carbonyl (C=O) groups is 2. The van der Waals surface area contributed by atoms with E-state index < -0.39 is 11.9 Å². The van der Waals surface area contributed by atoms with E-state index in [0.717, 1.165) is 11.1 Å². The maximum Gasteiger partial charge on any atom is 0.312 e. The molecule has 1 heterocycles. The van der Waals surface area contributed by atoms with Crippen molar-refractivity contribution in [2.24, 2.45) is 0 Å². The van der Waals surface area contributed by atoms with Crippen molar-refractivity contribution in [3.8, 4) is 11.5 Å². The molecule has 1 aliphatic heterocycles. The third-order valence-corrected chi connectivity index (χ3v) is 4.67. The molecule has 0 saturated heterocycles. The van der Waals surface area contributed by atoms with Gasteiger partial charge in [-0.2, -0.15) is 0 Å². The summed E-state index contributed by atoms with van der Waals surface area (Å²) in [4.78, 5) is 26.1. The zero-order valence-electron chi connectivity index (χ0n) is 14.8. The summed E-state index contributed by atoms with van der Waals surface area (Å²) in [7, 11) is 3.11. The van der Waals surface area contributed by atoms with Crippen molar-refractivity contribution >= 4 is 11.9 Å². The minimum atomic E-state index is -0.922. The average molecular weight is 355 g/mol. The monoisotopic (exact) mass is 355 g/mol. The van der Waals surface area contributed by atoms with Crippen molar-refractivity contribution in [1.29, 1.82) is 0 Å². The topological polar surface area (TPSA) is 76.1 Å². The first-order valence-electron chi connectivity index (χ1n) is 8.32.